The summed E-state index contributed by atoms with van der Waals surface area (Å²) in [6.45, 7) is 4.05. The molecule has 1 N–H and O–H groups in total. The fraction of sp³-hybridized carbons (Fsp3) is 0.273. The van der Waals surface area contributed by atoms with Crippen LogP contribution >= 0.6 is 11.3 Å². The maximum atomic E-state index is 12.8. The molecule has 7 nitrogen and oxygen atoms in total. The van der Waals surface area contributed by atoms with Crippen molar-refractivity contribution < 1.29 is 17.9 Å². The van der Waals surface area contributed by atoms with E-state index in [0.717, 1.165) is 16.0 Å². The summed E-state index contributed by atoms with van der Waals surface area (Å²) in [6.07, 6.45) is 0.149. The first-order valence-electron chi connectivity index (χ1n) is 9.92. The third kappa shape index (κ3) is 5.12. The van der Waals surface area contributed by atoms with Crippen LogP contribution in [0.3, 0.4) is 0 Å². The molecule has 31 heavy (non-hydrogen) atoms. The highest BCUT2D eigenvalue weighted by Crippen LogP contribution is 2.27. The maximum Gasteiger partial charge on any atom is 0.263 e. The van der Waals surface area contributed by atoms with Crippen molar-refractivity contribution in [1.82, 2.24) is 9.88 Å². The van der Waals surface area contributed by atoms with Gasteiger partial charge in [0.15, 0.2) is 5.13 Å². The highest BCUT2D eigenvalue weighted by Gasteiger charge is 2.22. The molecular formula is C22H23N3O4S2. The van der Waals surface area contributed by atoms with Gasteiger partial charge in [0, 0.05) is 18.0 Å². The predicted molar refractivity (Wildman–Crippen MR) is 121 cm³/mol. The molecule has 0 spiro atoms. The van der Waals surface area contributed by atoms with Crippen molar-refractivity contribution in [1.29, 1.82) is 0 Å². The van der Waals surface area contributed by atoms with Gasteiger partial charge in [0.05, 0.1) is 30.2 Å². The number of carbonyl (C=O) groups is 1. The zero-order chi connectivity index (χ0) is 21.8. The van der Waals surface area contributed by atoms with E-state index < -0.39 is 10.0 Å². The number of hydrogen-bond donors (Lipinski definition) is 1. The normalized spacial score (nSPS) is 14.4. The standard InChI is InChI=1S/C22H23N3O4S2/c1-16-20(15-21(26)25-11-13-29-14-12-25)23-22(30-16)24-31(27,28)19-9-7-18(8-10-19)17-5-3-2-4-6-17/h2-10H,11-15H2,1H3,(H,23,24). The molecule has 1 aliphatic rings. The zero-order valence-electron chi connectivity index (χ0n) is 17.1. The molecule has 1 saturated heterocycles. The molecule has 1 aromatic heterocycles. The first-order chi connectivity index (χ1) is 14.9. The second-order valence-corrected chi connectivity index (χ2v) is 10.1. The number of benzene rings is 2. The van der Waals surface area contributed by atoms with E-state index in [2.05, 4.69) is 9.71 Å². The van der Waals surface area contributed by atoms with Gasteiger partial charge < -0.3 is 9.64 Å². The molecule has 0 unspecified atom stereocenters. The van der Waals surface area contributed by atoms with Crippen molar-refractivity contribution in [3.63, 3.8) is 0 Å². The lowest BCUT2D eigenvalue weighted by atomic mass is 10.1. The molecule has 2 aromatic carbocycles. The van der Waals surface area contributed by atoms with Crippen LogP contribution in [-0.4, -0.2) is 50.5 Å². The van der Waals surface area contributed by atoms with Crippen LogP contribution < -0.4 is 4.72 Å². The van der Waals surface area contributed by atoms with Gasteiger partial charge in [0.2, 0.25) is 5.91 Å². The Morgan fingerprint density at radius 1 is 1.06 bits per heavy atom. The summed E-state index contributed by atoms with van der Waals surface area (Å²) in [5, 5.41) is 0.259. The first-order valence-corrected chi connectivity index (χ1v) is 12.2. The second-order valence-electron chi connectivity index (χ2n) is 7.19. The molecule has 0 atom stereocenters. The van der Waals surface area contributed by atoms with Crippen molar-refractivity contribution in [3.8, 4) is 11.1 Å². The lowest BCUT2D eigenvalue weighted by Crippen LogP contribution is -2.41. The van der Waals surface area contributed by atoms with E-state index in [1.807, 2.05) is 37.3 Å². The van der Waals surface area contributed by atoms with Gasteiger partial charge in [-0.25, -0.2) is 13.4 Å². The van der Waals surface area contributed by atoms with Crippen LogP contribution in [-0.2, 0) is 26.0 Å². The Balaban J connectivity index is 1.46. The largest absolute Gasteiger partial charge is 0.378 e. The second kappa shape index (κ2) is 9.17. The van der Waals surface area contributed by atoms with Crippen LogP contribution in [0.2, 0.25) is 0 Å². The third-order valence-electron chi connectivity index (χ3n) is 5.07. The molecular weight excluding hydrogens is 434 g/mol. The monoisotopic (exact) mass is 457 g/mol. The number of nitrogens with one attached hydrogen (secondary N) is 1. The van der Waals surface area contributed by atoms with E-state index in [0.29, 0.717) is 32.0 Å². The molecule has 3 aromatic rings. The van der Waals surface area contributed by atoms with Crippen molar-refractivity contribution in [3.05, 3.63) is 65.2 Å². The zero-order valence-corrected chi connectivity index (χ0v) is 18.7. The first kappa shape index (κ1) is 21.5. The number of aromatic nitrogens is 1. The Labute approximate surface area is 185 Å². The van der Waals surface area contributed by atoms with Gasteiger partial charge in [-0.2, -0.15) is 0 Å². The summed E-state index contributed by atoms with van der Waals surface area (Å²) >= 11 is 1.23. The quantitative estimate of drug-likeness (QED) is 0.613. The summed E-state index contributed by atoms with van der Waals surface area (Å²) in [4.78, 5) is 19.6. The summed E-state index contributed by atoms with van der Waals surface area (Å²) in [7, 11) is -3.78. The number of sulfonamides is 1. The number of nitrogens with zero attached hydrogens (tertiary/aromatic N) is 2. The minimum atomic E-state index is -3.78. The Hall–Kier alpha value is -2.75. The molecule has 0 radical (unpaired) electrons. The summed E-state index contributed by atoms with van der Waals surface area (Å²) < 4.78 is 33.4. The van der Waals surface area contributed by atoms with Gasteiger partial charge >= 0.3 is 0 Å². The number of ether oxygens (including phenoxy) is 1. The molecule has 1 fully saturated rings. The smallest absolute Gasteiger partial charge is 0.263 e. The van der Waals surface area contributed by atoms with E-state index in [4.69, 9.17) is 4.74 Å². The minimum Gasteiger partial charge on any atom is -0.378 e. The SMILES string of the molecule is Cc1sc(NS(=O)(=O)c2ccc(-c3ccccc3)cc2)nc1CC(=O)N1CCOCC1. The maximum absolute atomic E-state index is 12.8. The summed E-state index contributed by atoms with van der Waals surface area (Å²) in [5.41, 5.74) is 2.55. The minimum absolute atomic E-state index is 0.0254. The van der Waals surface area contributed by atoms with Crippen molar-refractivity contribution in [2.45, 2.75) is 18.2 Å². The van der Waals surface area contributed by atoms with Crippen LogP contribution in [0.25, 0.3) is 11.1 Å². The number of amides is 1. The molecule has 4 rings (SSSR count). The van der Waals surface area contributed by atoms with Gasteiger partial charge in [-0.15, -0.1) is 11.3 Å². The van der Waals surface area contributed by atoms with Crippen LogP contribution in [0.5, 0.6) is 0 Å². The van der Waals surface area contributed by atoms with E-state index in [1.54, 1.807) is 29.2 Å². The molecule has 0 bridgehead atoms. The average Bonchev–Trinajstić information content (AvgIpc) is 3.12. The molecule has 162 valence electrons. The van der Waals surface area contributed by atoms with Crippen molar-refractivity contribution >= 4 is 32.4 Å². The fourth-order valence-corrected chi connectivity index (χ4v) is 5.40. The van der Waals surface area contributed by atoms with E-state index in [1.165, 1.54) is 11.3 Å². The number of hydrogen-bond acceptors (Lipinski definition) is 6. The highest BCUT2D eigenvalue weighted by atomic mass is 32.2. The number of morpholine rings is 1. The van der Waals surface area contributed by atoms with Crippen molar-refractivity contribution in [2.75, 3.05) is 31.0 Å². The summed E-state index contributed by atoms with van der Waals surface area (Å²) in [5.74, 6) is -0.0254. The Morgan fingerprint density at radius 2 is 1.71 bits per heavy atom. The van der Waals surface area contributed by atoms with E-state index in [9.17, 15) is 13.2 Å². The van der Waals surface area contributed by atoms with Gasteiger partial charge in [0.1, 0.15) is 0 Å². The van der Waals surface area contributed by atoms with Crippen LogP contribution in [0.15, 0.2) is 59.5 Å². The van der Waals surface area contributed by atoms with Gasteiger partial charge in [-0.1, -0.05) is 42.5 Å². The molecule has 0 saturated carbocycles. The molecule has 2 heterocycles. The predicted octanol–water partition coefficient (Wildman–Crippen LogP) is 3.32. The lowest BCUT2D eigenvalue weighted by Gasteiger charge is -2.26. The number of rotatable bonds is 6. The number of thiazole rings is 1. The average molecular weight is 458 g/mol. The van der Waals surface area contributed by atoms with Crippen molar-refractivity contribution in [2.24, 2.45) is 0 Å². The highest BCUT2D eigenvalue weighted by molar-refractivity contribution is 7.93. The van der Waals surface area contributed by atoms with Gasteiger partial charge in [-0.05, 0) is 30.2 Å². The summed E-state index contributed by atoms with van der Waals surface area (Å²) in [6, 6.07) is 16.5. The van der Waals surface area contributed by atoms with E-state index >= 15 is 0 Å². The van der Waals surface area contributed by atoms with Gasteiger partial charge in [0.25, 0.3) is 10.0 Å². The fourth-order valence-electron chi connectivity index (χ4n) is 3.33. The third-order valence-corrected chi connectivity index (χ3v) is 7.48. The van der Waals surface area contributed by atoms with Crippen LogP contribution in [0, 0.1) is 6.92 Å². The number of anilines is 1. The molecule has 0 aliphatic carbocycles. The van der Waals surface area contributed by atoms with Crippen LogP contribution in [0.4, 0.5) is 5.13 Å². The topological polar surface area (TPSA) is 88.6 Å². The number of aryl methyl sites for hydroxylation is 1. The Morgan fingerprint density at radius 3 is 2.39 bits per heavy atom. The van der Waals surface area contributed by atoms with E-state index in [-0.39, 0.29) is 22.4 Å². The molecule has 1 aliphatic heterocycles. The Bertz CT molecular complexity index is 1150. The van der Waals surface area contributed by atoms with Crippen LogP contribution in [0.1, 0.15) is 10.6 Å². The molecule has 9 heteroatoms. The lowest BCUT2D eigenvalue weighted by molar-refractivity contribution is -0.134. The number of carbonyl (C=O) groups excluding carboxylic acids is 1. The van der Waals surface area contributed by atoms with Gasteiger partial charge in [-0.3, -0.25) is 9.52 Å². The molecule has 1 amide bonds. The Kier molecular flexibility index (Phi) is 6.35.